The Kier molecular flexibility index (Phi) is 4.22. The molecule has 0 spiro atoms. The average molecular weight is 333 g/mol. The number of hydrogen-bond acceptors (Lipinski definition) is 5. The first-order valence-electron chi connectivity index (χ1n) is 5.26. The van der Waals surface area contributed by atoms with Crippen LogP contribution in [0.5, 0.6) is 0 Å². The highest BCUT2D eigenvalue weighted by Gasteiger charge is 2.13. The van der Waals surface area contributed by atoms with Crippen molar-refractivity contribution in [2.24, 2.45) is 0 Å². The summed E-state index contributed by atoms with van der Waals surface area (Å²) in [6, 6.07) is 0. The zero-order valence-corrected chi connectivity index (χ0v) is 13.1. The van der Waals surface area contributed by atoms with Crippen molar-refractivity contribution in [2.75, 3.05) is 0 Å². The first kappa shape index (κ1) is 13.0. The van der Waals surface area contributed by atoms with Gasteiger partial charge in [0.15, 0.2) is 4.34 Å². The summed E-state index contributed by atoms with van der Waals surface area (Å²) in [5.41, 5.74) is 2.25. The molecule has 0 fully saturated rings. The summed E-state index contributed by atoms with van der Waals surface area (Å²) in [5.74, 6) is 0.865. The van der Waals surface area contributed by atoms with Crippen molar-refractivity contribution in [3.8, 4) is 0 Å². The minimum absolute atomic E-state index is 0.865. The molecular weight excluding hydrogens is 320 g/mol. The molecule has 0 atom stereocenters. The van der Waals surface area contributed by atoms with E-state index in [1.165, 1.54) is 5.69 Å². The van der Waals surface area contributed by atoms with Crippen LogP contribution >= 0.6 is 39.0 Å². The lowest BCUT2D eigenvalue weighted by Crippen LogP contribution is -2.01. The van der Waals surface area contributed by atoms with Crippen LogP contribution in [-0.2, 0) is 12.3 Å². The lowest BCUT2D eigenvalue weighted by molar-refractivity contribution is 0.631. The van der Waals surface area contributed by atoms with Gasteiger partial charge in [0.1, 0.15) is 5.01 Å². The summed E-state index contributed by atoms with van der Waals surface area (Å²) in [4.78, 5) is 0. The number of hydrogen-bond donors (Lipinski definition) is 0. The third kappa shape index (κ3) is 2.89. The van der Waals surface area contributed by atoms with Crippen molar-refractivity contribution in [1.29, 1.82) is 0 Å². The molecule has 2 aromatic rings. The second-order valence-electron chi connectivity index (χ2n) is 3.54. The van der Waals surface area contributed by atoms with Crippen LogP contribution in [0, 0.1) is 13.8 Å². The van der Waals surface area contributed by atoms with Gasteiger partial charge in [-0.3, -0.25) is 4.68 Å². The molecule has 0 radical (unpaired) electrons. The molecule has 7 heteroatoms. The van der Waals surface area contributed by atoms with Gasteiger partial charge in [-0.15, -0.1) is 10.2 Å². The maximum Gasteiger partial charge on any atom is 0.174 e. The number of rotatable bonds is 4. The maximum atomic E-state index is 4.47. The van der Waals surface area contributed by atoms with E-state index in [0.29, 0.717) is 0 Å². The predicted octanol–water partition coefficient (Wildman–Crippen LogP) is 3.43. The quantitative estimate of drug-likeness (QED) is 0.804. The Morgan fingerprint density at radius 1 is 1.35 bits per heavy atom. The Bertz CT molecular complexity index is 520. The molecule has 0 bridgehead atoms. The van der Waals surface area contributed by atoms with E-state index >= 15 is 0 Å². The molecule has 17 heavy (non-hydrogen) atoms. The first-order chi connectivity index (χ1) is 8.11. The maximum absolute atomic E-state index is 4.47. The Morgan fingerprint density at radius 2 is 2.12 bits per heavy atom. The zero-order chi connectivity index (χ0) is 12.4. The van der Waals surface area contributed by atoms with Crippen LogP contribution in [0.2, 0.25) is 0 Å². The van der Waals surface area contributed by atoms with E-state index in [1.807, 2.05) is 18.5 Å². The van der Waals surface area contributed by atoms with E-state index in [9.17, 15) is 0 Å². The molecule has 0 N–H and O–H groups in total. The van der Waals surface area contributed by atoms with Gasteiger partial charge in [-0.2, -0.15) is 5.10 Å². The Labute approximate surface area is 117 Å². The summed E-state index contributed by atoms with van der Waals surface area (Å²) >= 11 is 6.93. The zero-order valence-electron chi connectivity index (χ0n) is 9.90. The predicted molar refractivity (Wildman–Crippen MR) is 74.5 cm³/mol. The average Bonchev–Trinajstić information content (AvgIpc) is 2.83. The lowest BCUT2D eigenvalue weighted by atomic mass is 10.4. The van der Waals surface area contributed by atoms with Crippen LogP contribution in [0.4, 0.5) is 0 Å². The summed E-state index contributed by atoms with van der Waals surface area (Å²) in [7, 11) is 0. The molecule has 0 aliphatic rings. The first-order valence-corrected chi connectivity index (χ1v) is 7.86. The normalized spacial score (nSPS) is 11.1. The largest absolute Gasteiger partial charge is 0.268 e. The molecule has 0 saturated heterocycles. The topological polar surface area (TPSA) is 43.6 Å². The monoisotopic (exact) mass is 332 g/mol. The van der Waals surface area contributed by atoms with E-state index in [0.717, 1.165) is 31.8 Å². The van der Waals surface area contributed by atoms with Gasteiger partial charge in [0.05, 0.1) is 15.9 Å². The fraction of sp³-hybridized carbons (Fsp3) is 0.500. The second kappa shape index (κ2) is 5.49. The molecule has 0 unspecified atom stereocenters. The van der Waals surface area contributed by atoms with Gasteiger partial charge in [0, 0.05) is 12.3 Å². The smallest absolute Gasteiger partial charge is 0.174 e. The summed E-state index contributed by atoms with van der Waals surface area (Å²) in [6.07, 6.45) is 0. The van der Waals surface area contributed by atoms with Crippen LogP contribution < -0.4 is 0 Å². The fourth-order valence-electron chi connectivity index (χ4n) is 1.47. The summed E-state index contributed by atoms with van der Waals surface area (Å²) in [5, 5.41) is 13.6. The molecule has 2 aromatic heterocycles. The van der Waals surface area contributed by atoms with E-state index < -0.39 is 0 Å². The molecular formula is C10H13BrN4S2. The minimum Gasteiger partial charge on any atom is -0.268 e. The standard InChI is InChI=1S/C10H13BrN4S2/c1-4-15-8(9(11)6(2)14-15)5-16-10-13-12-7(3)17-10/h4-5H2,1-3H3. The van der Waals surface area contributed by atoms with E-state index in [1.54, 1.807) is 23.1 Å². The van der Waals surface area contributed by atoms with Crippen LogP contribution in [0.15, 0.2) is 8.81 Å². The summed E-state index contributed by atoms with van der Waals surface area (Å²) < 4.78 is 4.14. The highest BCUT2D eigenvalue weighted by molar-refractivity contribution is 9.10. The van der Waals surface area contributed by atoms with Crippen LogP contribution in [0.25, 0.3) is 0 Å². The van der Waals surface area contributed by atoms with E-state index in [4.69, 9.17) is 0 Å². The number of aromatic nitrogens is 4. The second-order valence-corrected chi connectivity index (χ2v) is 6.73. The van der Waals surface area contributed by atoms with Gasteiger partial charge in [-0.25, -0.2) is 0 Å². The van der Waals surface area contributed by atoms with Gasteiger partial charge in [-0.05, 0) is 36.7 Å². The van der Waals surface area contributed by atoms with Crippen molar-refractivity contribution in [1.82, 2.24) is 20.0 Å². The van der Waals surface area contributed by atoms with Gasteiger partial charge in [-0.1, -0.05) is 23.1 Å². The molecule has 0 amide bonds. The van der Waals surface area contributed by atoms with E-state index in [-0.39, 0.29) is 0 Å². The van der Waals surface area contributed by atoms with Gasteiger partial charge < -0.3 is 0 Å². The third-order valence-electron chi connectivity index (χ3n) is 2.29. The van der Waals surface area contributed by atoms with Gasteiger partial charge in [0.2, 0.25) is 0 Å². The molecule has 0 aliphatic carbocycles. The van der Waals surface area contributed by atoms with Crippen molar-refractivity contribution in [3.05, 3.63) is 20.9 Å². The SMILES string of the molecule is CCn1nc(C)c(Br)c1CSc1nnc(C)s1. The highest BCUT2D eigenvalue weighted by atomic mass is 79.9. The molecule has 4 nitrogen and oxygen atoms in total. The summed E-state index contributed by atoms with van der Waals surface area (Å²) in [6.45, 7) is 6.97. The van der Waals surface area contributed by atoms with Gasteiger partial charge in [0.25, 0.3) is 0 Å². The van der Waals surface area contributed by atoms with Crippen LogP contribution in [0.1, 0.15) is 23.3 Å². The number of halogens is 1. The Hall–Kier alpha value is -0.400. The molecule has 2 heterocycles. The van der Waals surface area contributed by atoms with Crippen LogP contribution in [-0.4, -0.2) is 20.0 Å². The Balaban J connectivity index is 2.13. The third-order valence-corrected chi connectivity index (χ3v) is 5.31. The molecule has 0 saturated carbocycles. The van der Waals surface area contributed by atoms with Crippen molar-refractivity contribution in [2.45, 2.75) is 37.4 Å². The molecule has 0 aliphatic heterocycles. The molecule has 92 valence electrons. The van der Waals surface area contributed by atoms with Crippen molar-refractivity contribution < 1.29 is 0 Å². The van der Waals surface area contributed by atoms with Crippen molar-refractivity contribution >= 4 is 39.0 Å². The van der Waals surface area contributed by atoms with Crippen LogP contribution in [0.3, 0.4) is 0 Å². The number of aryl methyl sites for hydroxylation is 3. The minimum atomic E-state index is 0.865. The highest BCUT2D eigenvalue weighted by Crippen LogP contribution is 2.30. The molecule has 0 aromatic carbocycles. The fourth-order valence-corrected chi connectivity index (χ4v) is 3.93. The van der Waals surface area contributed by atoms with Crippen molar-refractivity contribution in [3.63, 3.8) is 0 Å². The molecule has 2 rings (SSSR count). The number of thioether (sulfide) groups is 1. The van der Waals surface area contributed by atoms with E-state index in [2.05, 4.69) is 38.1 Å². The lowest BCUT2D eigenvalue weighted by Gasteiger charge is -2.03. The number of nitrogens with zero attached hydrogens (tertiary/aromatic N) is 4. The van der Waals surface area contributed by atoms with Gasteiger partial charge >= 0.3 is 0 Å². The Morgan fingerprint density at radius 3 is 2.71 bits per heavy atom.